The van der Waals surface area contributed by atoms with Crippen LogP contribution in [-0.2, 0) is 4.74 Å². The van der Waals surface area contributed by atoms with Gasteiger partial charge in [-0.25, -0.2) is 0 Å². The maximum absolute atomic E-state index is 6.10. The highest BCUT2D eigenvalue weighted by molar-refractivity contribution is 6.42. The second kappa shape index (κ2) is 7.62. The highest BCUT2D eigenvalue weighted by atomic mass is 35.5. The molecule has 1 atom stereocenters. The molecular weight excluding hydrogens is 295 g/mol. The van der Waals surface area contributed by atoms with Gasteiger partial charge in [-0.2, -0.15) is 0 Å². The smallest absolute Gasteiger partial charge is 0.0595 e. The van der Waals surface area contributed by atoms with E-state index >= 15 is 0 Å². The lowest BCUT2D eigenvalue weighted by molar-refractivity contribution is 0.0507. The number of ether oxygens (including phenoxy) is 1. The van der Waals surface area contributed by atoms with Crippen LogP contribution in [0.1, 0.15) is 24.4 Å². The van der Waals surface area contributed by atoms with Crippen molar-refractivity contribution in [3.05, 3.63) is 33.8 Å². The molecule has 1 saturated heterocycles. The molecule has 2 N–H and O–H groups in total. The van der Waals surface area contributed by atoms with Crippen molar-refractivity contribution in [3.8, 4) is 0 Å². The number of nitrogens with two attached hydrogens (primary N) is 1. The third-order valence-corrected chi connectivity index (χ3v) is 4.71. The summed E-state index contributed by atoms with van der Waals surface area (Å²) in [7, 11) is 2.12. The molecule has 5 heteroatoms. The zero-order valence-electron chi connectivity index (χ0n) is 11.8. The molecule has 112 valence electrons. The molecule has 20 heavy (non-hydrogen) atoms. The first kappa shape index (κ1) is 16.1. The van der Waals surface area contributed by atoms with Gasteiger partial charge in [0.2, 0.25) is 0 Å². The monoisotopic (exact) mass is 316 g/mol. The van der Waals surface area contributed by atoms with Crippen LogP contribution in [0.25, 0.3) is 0 Å². The van der Waals surface area contributed by atoms with Crippen molar-refractivity contribution in [2.45, 2.75) is 18.9 Å². The molecule has 0 amide bonds. The van der Waals surface area contributed by atoms with Gasteiger partial charge in [-0.05, 0) is 43.5 Å². The van der Waals surface area contributed by atoms with E-state index in [1.807, 2.05) is 18.2 Å². The molecule has 1 aromatic rings. The fourth-order valence-electron chi connectivity index (χ4n) is 2.75. The third kappa shape index (κ3) is 4.09. The molecule has 0 aromatic heterocycles. The van der Waals surface area contributed by atoms with E-state index in [1.165, 1.54) is 0 Å². The van der Waals surface area contributed by atoms with Gasteiger partial charge in [-0.15, -0.1) is 0 Å². The van der Waals surface area contributed by atoms with E-state index in [0.29, 0.717) is 22.5 Å². The Hall–Kier alpha value is -0.320. The molecule has 1 fully saturated rings. The zero-order chi connectivity index (χ0) is 14.5. The third-order valence-electron chi connectivity index (χ3n) is 3.97. The minimum atomic E-state index is 0.174. The van der Waals surface area contributed by atoms with E-state index in [4.69, 9.17) is 33.7 Å². The Labute approximate surface area is 131 Å². The summed E-state index contributed by atoms with van der Waals surface area (Å²) in [4.78, 5) is 2.32. The number of nitrogens with zero attached hydrogens (tertiary/aromatic N) is 1. The number of hydrogen-bond acceptors (Lipinski definition) is 3. The van der Waals surface area contributed by atoms with E-state index in [9.17, 15) is 0 Å². The van der Waals surface area contributed by atoms with Crippen molar-refractivity contribution in [1.29, 1.82) is 0 Å². The maximum atomic E-state index is 6.10. The van der Waals surface area contributed by atoms with Crippen LogP contribution in [0.4, 0.5) is 0 Å². The molecular formula is C15H22Cl2N2O. The predicted octanol–water partition coefficient (Wildman–Crippen LogP) is 3.35. The summed E-state index contributed by atoms with van der Waals surface area (Å²) in [6.45, 7) is 3.35. The van der Waals surface area contributed by atoms with Gasteiger partial charge in [0.1, 0.15) is 0 Å². The van der Waals surface area contributed by atoms with Crippen LogP contribution in [0.15, 0.2) is 18.2 Å². The second-order valence-electron chi connectivity index (χ2n) is 5.42. The number of halogens is 2. The van der Waals surface area contributed by atoms with Gasteiger partial charge in [0.25, 0.3) is 0 Å². The van der Waals surface area contributed by atoms with Crippen LogP contribution in [0.3, 0.4) is 0 Å². The summed E-state index contributed by atoms with van der Waals surface area (Å²) in [5.74, 6) is 0.686. The van der Waals surface area contributed by atoms with Crippen LogP contribution in [0.2, 0.25) is 10.0 Å². The molecule has 0 bridgehead atoms. The lowest BCUT2D eigenvalue weighted by Gasteiger charge is -2.32. The molecule has 2 rings (SSSR count). The van der Waals surface area contributed by atoms with E-state index < -0.39 is 0 Å². The van der Waals surface area contributed by atoms with Crippen molar-refractivity contribution in [1.82, 2.24) is 4.90 Å². The fraction of sp³-hybridized carbons (Fsp3) is 0.600. The van der Waals surface area contributed by atoms with Crippen LogP contribution < -0.4 is 5.73 Å². The van der Waals surface area contributed by atoms with Gasteiger partial charge < -0.3 is 10.5 Å². The van der Waals surface area contributed by atoms with E-state index in [-0.39, 0.29) is 6.04 Å². The van der Waals surface area contributed by atoms with Gasteiger partial charge in [-0.1, -0.05) is 29.3 Å². The number of likely N-dealkylation sites (N-methyl/N-ethyl adjacent to an activating group) is 1. The van der Waals surface area contributed by atoms with Crippen molar-refractivity contribution in [2.75, 3.05) is 33.4 Å². The van der Waals surface area contributed by atoms with Gasteiger partial charge >= 0.3 is 0 Å². The fourth-order valence-corrected chi connectivity index (χ4v) is 3.06. The lowest BCUT2D eigenvalue weighted by atomic mass is 9.98. The molecule has 1 unspecified atom stereocenters. The summed E-state index contributed by atoms with van der Waals surface area (Å²) < 4.78 is 5.41. The average molecular weight is 317 g/mol. The Balaban J connectivity index is 2.03. The zero-order valence-corrected chi connectivity index (χ0v) is 13.3. The summed E-state index contributed by atoms with van der Waals surface area (Å²) in [6, 6.07) is 5.94. The minimum absolute atomic E-state index is 0.174. The number of rotatable bonds is 5. The SMILES string of the molecule is CN(CC1CCOCC1)C(CN)c1ccc(Cl)c(Cl)c1. The Bertz CT molecular complexity index is 436. The summed E-state index contributed by atoms with van der Waals surface area (Å²) in [5.41, 5.74) is 7.08. The van der Waals surface area contributed by atoms with Crippen molar-refractivity contribution in [2.24, 2.45) is 11.7 Å². The number of hydrogen-bond donors (Lipinski definition) is 1. The number of benzene rings is 1. The molecule has 0 radical (unpaired) electrons. The van der Waals surface area contributed by atoms with E-state index in [2.05, 4.69) is 11.9 Å². The molecule has 1 aliphatic rings. The lowest BCUT2D eigenvalue weighted by Crippen LogP contribution is -2.36. The van der Waals surface area contributed by atoms with Crippen molar-refractivity contribution >= 4 is 23.2 Å². The first-order chi connectivity index (χ1) is 9.61. The molecule has 0 spiro atoms. The summed E-state index contributed by atoms with van der Waals surface area (Å²) in [6.07, 6.45) is 2.26. The van der Waals surface area contributed by atoms with Crippen LogP contribution >= 0.6 is 23.2 Å². The minimum Gasteiger partial charge on any atom is -0.381 e. The standard InChI is InChI=1S/C15H22Cl2N2O/c1-19(10-11-4-6-20-7-5-11)15(9-18)12-2-3-13(16)14(17)8-12/h2-3,8,11,15H,4-7,9-10,18H2,1H3. The average Bonchev–Trinajstić information content (AvgIpc) is 2.44. The van der Waals surface area contributed by atoms with Gasteiger partial charge in [0.05, 0.1) is 10.0 Å². The molecule has 0 saturated carbocycles. The topological polar surface area (TPSA) is 38.5 Å². The van der Waals surface area contributed by atoms with Gasteiger partial charge in [-0.3, -0.25) is 4.90 Å². The van der Waals surface area contributed by atoms with Gasteiger partial charge in [0, 0.05) is 32.3 Å². The van der Waals surface area contributed by atoms with Crippen LogP contribution in [0.5, 0.6) is 0 Å². The highest BCUT2D eigenvalue weighted by Gasteiger charge is 2.21. The maximum Gasteiger partial charge on any atom is 0.0595 e. The molecule has 1 aromatic carbocycles. The quantitative estimate of drug-likeness (QED) is 0.905. The molecule has 1 aliphatic heterocycles. The van der Waals surface area contributed by atoms with Crippen LogP contribution in [0, 0.1) is 5.92 Å². The molecule has 0 aliphatic carbocycles. The Morgan fingerprint density at radius 1 is 1.30 bits per heavy atom. The molecule has 3 nitrogen and oxygen atoms in total. The second-order valence-corrected chi connectivity index (χ2v) is 6.23. The van der Waals surface area contributed by atoms with Gasteiger partial charge in [0.15, 0.2) is 0 Å². The van der Waals surface area contributed by atoms with Crippen LogP contribution in [-0.4, -0.2) is 38.3 Å². The highest BCUT2D eigenvalue weighted by Crippen LogP contribution is 2.28. The van der Waals surface area contributed by atoms with Crippen molar-refractivity contribution in [3.63, 3.8) is 0 Å². The Morgan fingerprint density at radius 3 is 2.60 bits per heavy atom. The van der Waals surface area contributed by atoms with Crippen molar-refractivity contribution < 1.29 is 4.74 Å². The first-order valence-corrected chi connectivity index (χ1v) is 7.80. The summed E-state index contributed by atoms with van der Waals surface area (Å²) >= 11 is 12.1. The Kier molecular flexibility index (Phi) is 6.12. The van der Waals surface area contributed by atoms with E-state index in [0.717, 1.165) is 38.2 Å². The predicted molar refractivity (Wildman–Crippen MR) is 84.4 cm³/mol. The molecule has 1 heterocycles. The largest absolute Gasteiger partial charge is 0.381 e. The van der Waals surface area contributed by atoms with E-state index in [1.54, 1.807) is 0 Å². The first-order valence-electron chi connectivity index (χ1n) is 7.04. The normalized spacial score (nSPS) is 18.4. The Morgan fingerprint density at radius 2 is 2.00 bits per heavy atom. The summed E-state index contributed by atoms with van der Waals surface area (Å²) in [5, 5.41) is 1.17.